The molecule has 1 aromatic carbocycles. The van der Waals surface area contributed by atoms with Gasteiger partial charge in [-0.15, -0.1) is 0 Å². The van der Waals surface area contributed by atoms with Crippen molar-refractivity contribution in [3.8, 4) is 0 Å². The highest BCUT2D eigenvalue weighted by Crippen LogP contribution is 2.20. The van der Waals surface area contributed by atoms with Crippen molar-refractivity contribution in [2.24, 2.45) is 5.41 Å². The summed E-state index contributed by atoms with van der Waals surface area (Å²) in [4.78, 5) is 2.48. The van der Waals surface area contributed by atoms with E-state index in [1.807, 2.05) is 0 Å². The van der Waals surface area contributed by atoms with Crippen LogP contribution in [0.15, 0.2) is 24.3 Å². The molecule has 2 nitrogen and oxygen atoms in total. The molecule has 0 bridgehead atoms. The number of hydrogen-bond donors (Lipinski definition) is 1. The normalized spacial score (nSPS) is 17.6. The molecule has 2 heteroatoms. The summed E-state index contributed by atoms with van der Waals surface area (Å²) in [5.74, 6) is 0. The molecule has 1 aliphatic rings. The molecule has 2 rings (SSSR count). The van der Waals surface area contributed by atoms with Gasteiger partial charge in [-0.3, -0.25) is 0 Å². The van der Waals surface area contributed by atoms with Crippen LogP contribution in [0.4, 0.5) is 0 Å². The van der Waals surface area contributed by atoms with E-state index in [0.717, 1.165) is 32.5 Å². The lowest BCUT2D eigenvalue weighted by Gasteiger charge is -2.30. The van der Waals surface area contributed by atoms with Crippen molar-refractivity contribution in [2.75, 3.05) is 26.2 Å². The molecular weight excluding hydrogens is 210 g/mol. The minimum atomic E-state index is 0.0104. The molecule has 0 radical (unpaired) electrons. The molecule has 0 aromatic heterocycles. The fourth-order valence-corrected chi connectivity index (χ4v) is 2.53. The Morgan fingerprint density at radius 3 is 2.12 bits per heavy atom. The second kappa shape index (κ2) is 5.19. The zero-order valence-corrected chi connectivity index (χ0v) is 10.9. The van der Waals surface area contributed by atoms with Gasteiger partial charge in [0.1, 0.15) is 0 Å². The van der Waals surface area contributed by atoms with Crippen LogP contribution in [0.1, 0.15) is 25.0 Å². The molecule has 0 saturated heterocycles. The van der Waals surface area contributed by atoms with Gasteiger partial charge in [-0.1, -0.05) is 38.1 Å². The maximum atomic E-state index is 9.34. The highest BCUT2D eigenvalue weighted by Gasteiger charge is 2.22. The standard InChI is InChI=1S/C15H23NO/c1-15(2,12-17)11-16-9-7-13-5-3-4-6-14(13)8-10-16/h3-6,17H,7-12H2,1-2H3. The van der Waals surface area contributed by atoms with Crippen molar-refractivity contribution in [3.05, 3.63) is 35.4 Å². The van der Waals surface area contributed by atoms with Crippen LogP contribution in [0.5, 0.6) is 0 Å². The molecule has 0 unspecified atom stereocenters. The Labute approximate surface area is 104 Å². The van der Waals surface area contributed by atoms with E-state index in [9.17, 15) is 5.11 Å². The Morgan fingerprint density at radius 2 is 1.65 bits per heavy atom. The van der Waals surface area contributed by atoms with Crippen molar-refractivity contribution in [1.29, 1.82) is 0 Å². The molecule has 0 atom stereocenters. The van der Waals surface area contributed by atoms with Crippen molar-refractivity contribution < 1.29 is 5.11 Å². The topological polar surface area (TPSA) is 23.5 Å². The molecule has 1 heterocycles. The van der Waals surface area contributed by atoms with Gasteiger partial charge in [0.05, 0.1) is 0 Å². The van der Waals surface area contributed by atoms with Crippen LogP contribution >= 0.6 is 0 Å². The molecule has 0 amide bonds. The van der Waals surface area contributed by atoms with E-state index >= 15 is 0 Å². The Hall–Kier alpha value is -0.860. The molecule has 0 spiro atoms. The number of rotatable bonds is 3. The third-order valence-electron chi connectivity index (χ3n) is 3.59. The van der Waals surface area contributed by atoms with Gasteiger partial charge in [0.2, 0.25) is 0 Å². The van der Waals surface area contributed by atoms with Gasteiger partial charge in [0.25, 0.3) is 0 Å². The number of benzene rings is 1. The third kappa shape index (κ3) is 3.30. The Kier molecular flexibility index (Phi) is 3.85. The molecule has 94 valence electrons. The summed E-state index contributed by atoms with van der Waals surface area (Å²) in [6, 6.07) is 8.75. The first-order valence-corrected chi connectivity index (χ1v) is 6.51. The van der Waals surface area contributed by atoms with Crippen LogP contribution < -0.4 is 0 Å². The molecule has 0 saturated carbocycles. The van der Waals surface area contributed by atoms with E-state index in [0.29, 0.717) is 0 Å². The second-order valence-corrected chi connectivity index (χ2v) is 5.87. The van der Waals surface area contributed by atoms with Crippen LogP contribution in [-0.4, -0.2) is 36.2 Å². The van der Waals surface area contributed by atoms with Crippen molar-refractivity contribution in [1.82, 2.24) is 4.90 Å². The lowest BCUT2D eigenvalue weighted by molar-refractivity contribution is 0.105. The number of hydrogen-bond acceptors (Lipinski definition) is 2. The number of fused-ring (bicyclic) bond motifs is 1. The Balaban J connectivity index is 2.00. The van der Waals surface area contributed by atoms with E-state index in [4.69, 9.17) is 0 Å². The number of aliphatic hydroxyl groups excluding tert-OH is 1. The van der Waals surface area contributed by atoms with Crippen molar-refractivity contribution in [3.63, 3.8) is 0 Å². The summed E-state index contributed by atoms with van der Waals surface area (Å²) < 4.78 is 0. The Morgan fingerprint density at radius 1 is 1.12 bits per heavy atom. The minimum absolute atomic E-state index is 0.0104. The van der Waals surface area contributed by atoms with Crippen molar-refractivity contribution >= 4 is 0 Å². The monoisotopic (exact) mass is 233 g/mol. The molecule has 1 aromatic rings. The van der Waals surface area contributed by atoms with Gasteiger partial charge in [-0.25, -0.2) is 0 Å². The number of aliphatic hydroxyl groups is 1. The van der Waals surface area contributed by atoms with Crippen LogP contribution in [-0.2, 0) is 12.8 Å². The van der Waals surface area contributed by atoms with Gasteiger partial charge in [0.15, 0.2) is 0 Å². The quantitative estimate of drug-likeness (QED) is 0.864. The second-order valence-electron chi connectivity index (χ2n) is 5.87. The van der Waals surface area contributed by atoms with Crippen LogP contribution in [0, 0.1) is 5.41 Å². The lowest BCUT2D eigenvalue weighted by atomic mass is 9.94. The molecule has 0 fully saturated rings. The molecule has 0 aliphatic carbocycles. The highest BCUT2D eigenvalue weighted by molar-refractivity contribution is 5.28. The summed E-state index contributed by atoms with van der Waals surface area (Å²) >= 11 is 0. The van der Waals surface area contributed by atoms with E-state index in [1.165, 1.54) is 11.1 Å². The Bertz CT molecular complexity index is 346. The zero-order valence-electron chi connectivity index (χ0n) is 10.9. The largest absolute Gasteiger partial charge is 0.396 e. The predicted octanol–water partition coefficient (Wildman–Crippen LogP) is 2.11. The first kappa shape index (κ1) is 12.6. The maximum absolute atomic E-state index is 9.34. The fraction of sp³-hybridized carbons (Fsp3) is 0.600. The van der Waals surface area contributed by atoms with Crippen LogP contribution in [0.25, 0.3) is 0 Å². The lowest BCUT2D eigenvalue weighted by Crippen LogP contribution is -2.37. The predicted molar refractivity (Wildman–Crippen MR) is 71.2 cm³/mol. The van der Waals surface area contributed by atoms with Gasteiger partial charge < -0.3 is 10.0 Å². The van der Waals surface area contributed by atoms with E-state index in [2.05, 4.69) is 43.0 Å². The SMILES string of the molecule is CC(C)(CO)CN1CCc2ccccc2CC1. The van der Waals surface area contributed by atoms with Gasteiger partial charge in [-0.2, -0.15) is 0 Å². The molecule has 17 heavy (non-hydrogen) atoms. The first-order valence-electron chi connectivity index (χ1n) is 6.51. The highest BCUT2D eigenvalue weighted by atomic mass is 16.3. The average molecular weight is 233 g/mol. The maximum Gasteiger partial charge on any atom is 0.0494 e. The van der Waals surface area contributed by atoms with Gasteiger partial charge in [0, 0.05) is 31.7 Å². The summed E-state index contributed by atoms with van der Waals surface area (Å²) in [5, 5.41) is 9.34. The summed E-state index contributed by atoms with van der Waals surface area (Å²) in [7, 11) is 0. The van der Waals surface area contributed by atoms with Gasteiger partial charge >= 0.3 is 0 Å². The summed E-state index contributed by atoms with van der Waals surface area (Å²) in [6.45, 7) is 7.73. The van der Waals surface area contributed by atoms with E-state index in [1.54, 1.807) is 0 Å². The van der Waals surface area contributed by atoms with Crippen LogP contribution in [0.2, 0.25) is 0 Å². The number of nitrogens with zero attached hydrogens (tertiary/aromatic N) is 1. The molecular formula is C15H23NO. The minimum Gasteiger partial charge on any atom is -0.396 e. The van der Waals surface area contributed by atoms with Crippen LogP contribution in [0.3, 0.4) is 0 Å². The third-order valence-corrected chi connectivity index (χ3v) is 3.59. The zero-order chi connectivity index (χ0) is 12.3. The van der Waals surface area contributed by atoms with Gasteiger partial charge in [-0.05, 0) is 24.0 Å². The molecule has 1 aliphatic heterocycles. The average Bonchev–Trinajstić information content (AvgIpc) is 2.52. The fourth-order valence-electron chi connectivity index (χ4n) is 2.53. The summed E-state index contributed by atoms with van der Waals surface area (Å²) in [5.41, 5.74) is 3.00. The van der Waals surface area contributed by atoms with E-state index in [-0.39, 0.29) is 12.0 Å². The summed E-state index contributed by atoms with van der Waals surface area (Å²) in [6.07, 6.45) is 2.27. The first-order chi connectivity index (χ1) is 8.11. The van der Waals surface area contributed by atoms with E-state index < -0.39 is 0 Å². The molecule has 1 N–H and O–H groups in total. The van der Waals surface area contributed by atoms with Crippen molar-refractivity contribution in [2.45, 2.75) is 26.7 Å². The smallest absolute Gasteiger partial charge is 0.0494 e.